The van der Waals surface area contributed by atoms with Crippen LogP contribution in [0.15, 0.2) is 76.7 Å². The molecule has 0 unspecified atom stereocenters. The number of fused-ring (bicyclic) bond motifs is 1. The summed E-state index contributed by atoms with van der Waals surface area (Å²) in [6, 6.07) is 20.6. The standard InChI is InChI=1S/C28H29N3O3S/c1-18(2)16-29-26(32)20-9-14-24-25(15-20)30-28(35-17-21-8-6-5-7-19(21)3)31(27(24)33)22-10-12-23(34-4)13-11-22/h5-15,18H,16-17H2,1-4H3,(H,29,32). The lowest BCUT2D eigenvalue weighted by Gasteiger charge is -2.15. The van der Waals surface area contributed by atoms with Gasteiger partial charge < -0.3 is 10.1 Å². The molecule has 1 heterocycles. The lowest BCUT2D eigenvalue weighted by atomic mass is 10.1. The number of hydrogen-bond acceptors (Lipinski definition) is 5. The molecule has 6 nitrogen and oxygen atoms in total. The molecule has 1 amide bonds. The SMILES string of the molecule is COc1ccc(-n2c(SCc3ccccc3C)nc3cc(C(=O)NCC(C)C)ccc3c2=O)cc1. The lowest BCUT2D eigenvalue weighted by Crippen LogP contribution is -2.27. The van der Waals surface area contributed by atoms with Gasteiger partial charge in [-0.25, -0.2) is 4.98 Å². The maximum absolute atomic E-state index is 13.7. The Kier molecular flexibility index (Phi) is 7.56. The van der Waals surface area contributed by atoms with E-state index in [0.29, 0.717) is 51.3 Å². The number of carbonyl (C=O) groups excluding carboxylic acids is 1. The molecule has 35 heavy (non-hydrogen) atoms. The van der Waals surface area contributed by atoms with Crippen molar-refractivity contribution in [3.8, 4) is 11.4 Å². The van der Waals surface area contributed by atoms with E-state index in [2.05, 4.69) is 24.4 Å². The molecule has 0 bridgehead atoms. The summed E-state index contributed by atoms with van der Waals surface area (Å²) in [6.07, 6.45) is 0. The second kappa shape index (κ2) is 10.8. The topological polar surface area (TPSA) is 73.2 Å². The Balaban J connectivity index is 1.80. The van der Waals surface area contributed by atoms with Crippen molar-refractivity contribution in [1.82, 2.24) is 14.9 Å². The summed E-state index contributed by atoms with van der Waals surface area (Å²) in [5, 5.41) is 3.95. The van der Waals surface area contributed by atoms with Crippen LogP contribution in [0.4, 0.5) is 0 Å². The van der Waals surface area contributed by atoms with Crippen molar-refractivity contribution in [2.24, 2.45) is 5.92 Å². The van der Waals surface area contributed by atoms with Crippen LogP contribution in [0.3, 0.4) is 0 Å². The van der Waals surface area contributed by atoms with Crippen LogP contribution in [-0.2, 0) is 5.75 Å². The Hall–Kier alpha value is -3.58. The molecule has 0 atom stereocenters. The zero-order valence-electron chi connectivity index (χ0n) is 20.4. The zero-order chi connectivity index (χ0) is 24.9. The number of aryl methyl sites for hydroxylation is 1. The van der Waals surface area contributed by atoms with E-state index in [1.807, 2.05) is 50.2 Å². The van der Waals surface area contributed by atoms with E-state index in [1.165, 1.54) is 22.9 Å². The Morgan fingerprint density at radius 1 is 1.09 bits per heavy atom. The van der Waals surface area contributed by atoms with E-state index in [1.54, 1.807) is 29.9 Å². The van der Waals surface area contributed by atoms with Gasteiger partial charge in [0, 0.05) is 17.9 Å². The number of nitrogens with one attached hydrogen (secondary N) is 1. The summed E-state index contributed by atoms with van der Waals surface area (Å²) in [7, 11) is 1.61. The molecule has 0 radical (unpaired) electrons. The number of nitrogens with zero attached hydrogens (tertiary/aromatic N) is 2. The van der Waals surface area contributed by atoms with Crippen LogP contribution < -0.4 is 15.6 Å². The van der Waals surface area contributed by atoms with E-state index in [4.69, 9.17) is 9.72 Å². The third-order valence-electron chi connectivity index (χ3n) is 5.72. The van der Waals surface area contributed by atoms with Crippen LogP contribution in [0.5, 0.6) is 5.75 Å². The Morgan fingerprint density at radius 2 is 1.83 bits per heavy atom. The quantitative estimate of drug-likeness (QED) is 0.267. The number of rotatable bonds is 8. The number of benzene rings is 3. The van der Waals surface area contributed by atoms with Crippen molar-refractivity contribution >= 4 is 28.6 Å². The van der Waals surface area contributed by atoms with Crippen LogP contribution in [0, 0.1) is 12.8 Å². The lowest BCUT2D eigenvalue weighted by molar-refractivity contribution is 0.0949. The van der Waals surface area contributed by atoms with Gasteiger partial charge in [0.1, 0.15) is 5.75 Å². The summed E-state index contributed by atoms with van der Waals surface area (Å²) in [5.74, 6) is 1.55. The molecule has 1 N–H and O–H groups in total. The van der Waals surface area contributed by atoms with Crippen molar-refractivity contribution in [3.63, 3.8) is 0 Å². The fraction of sp³-hybridized carbons (Fsp3) is 0.250. The Bertz CT molecular complexity index is 1410. The molecule has 0 spiro atoms. The van der Waals surface area contributed by atoms with Gasteiger partial charge in [0.15, 0.2) is 5.16 Å². The van der Waals surface area contributed by atoms with Crippen LogP contribution in [-0.4, -0.2) is 29.1 Å². The molecule has 180 valence electrons. The van der Waals surface area contributed by atoms with Gasteiger partial charge >= 0.3 is 0 Å². The minimum Gasteiger partial charge on any atom is -0.497 e. The largest absolute Gasteiger partial charge is 0.497 e. The van der Waals surface area contributed by atoms with Crippen molar-refractivity contribution < 1.29 is 9.53 Å². The van der Waals surface area contributed by atoms with E-state index in [0.717, 1.165) is 0 Å². The highest BCUT2D eigenvalue weighted by Gasteiger charge is 2.16. The van der Waals surface area contributed by atoms with Crippen LogP contribution in [0.25, 0.3) is 16.6 Å². The van der Waals surface area contributed by atoms with Gasteiger partial charge in [-0.1, -0.05) is 49.9 Å². The molecule has 0 aliphatic rings. The maximum Gasteiger partial charge on any atom is 0.266 e. The first-order valence-corrected chi connectivity index (χ1v) is 12.5. The van der Waals surface area contributed by atoms with E-state index in [-0.39, 0.29) is 11.5 Å². The predicted octanol–water partition coefficient (Wildman–Crippen LogP) is 5.38. The summed E-state index contributed by atoms with van der Waals surface area (Å²) in [4.78, 5) is 31.1. The second-order valence-corrected chi connectivity index (χ2v) is 9.73. The van der Waals surface area contributed by atoms with Crippen molar-refractivity contribution in [1.29, 1.82) is 0 Å². The molecule has 0 aliphatic carbocycles. The monoisotopic (exact) mass is 487 g/mol. The molecule has 0 saturated heterocycles. The number of ether oxygens (including phenoxy) is 1. The number of amides is 1. The maximum atomic E-state index is 13.7. The summed E-state index contributed by atoms with van der Waals surface area (Å²) >= 11 is 1.50. The molecule has 3 aromatic carbocycles. The minimum atomic E-state index is -0.179. The Morgan fingerprint density at radius 3 is 2.51 bits per heavy atom. The summed E-state index contributed by atoms with van der Waals surface area (Å²) in [5.41, 5.74) is 3.88. The van der Waals surface area contributed by atoms with Gasteiger partial charge in [-0.15, -0.1) is 0 Å². The first-order valence-electron chi connectivity index (χ1n) is 11.5. The average molecular weight is 488 g/mol. The minimum absolute atomic E-state index is 0.171. The van der Waals surface area contributed by atoms with Gasteiger partial charge in [0.25, 0.3) is 11.5 Å². The summed E-state index contributed by atoms with van der Waals surface area (Å²) in [6.45, 7) is 6.74. The van der Waals surface area contributed by atoms with Gasteiger partial charge in [-0.2, -0.15) is 0 Å². The third kappa shape index (κ3) is 5.57. The molecule has 4 aromatic rings. The van der Waals surface area contributed by atoms with Crippen molar-refractivity contribution in [2.75, 3.05) is 13.7 Å². The van der Waals surface area contributed by atoms with Gasteiger partial charge in [0.2, 0.25) is 0 Å². The first-order chi connectivity index (χ1) is 16.9. The average Bonchev–Trinajstić information content (AvgIpc) is 2.86. The number of aromatic nitrogens is 2. The fourth-order valence-corrected chi connectivity index (χ4v) is 4.76. The number of hydrogen-bond donors (Lipinski definition) is 1. The van der Waals surface area contributed by atoms with E-state index in [9.17, 15) is 9.59 Å². The highest BCUT2D eigenvalue weighted by Crippen LogP contribution is 2.27. The molecule has 0 aliphatic heterocycles. The van der Waals surface area contributed by atoms with E-state index < -0.39 is 0 Å². The van der Waals surface area contributed by atoms with Gasteiger partial charge in [-0.05, 0) is 66.4 Å². The molecule has 0 fully saturated rings. The molecular formula is C28H29N3O3S. The predicted molar refractivity (Wildman–Crippen MR) is 142 cm³/mol. The van der Waals surface area contributed by atoms with Crippen molar-refractivity contribution in [3.05, 3.63) is 93.8 Å². The third-order valence-corrected chi connectivity index (χ3v) is 6.71. The molecule has 0 saturated carbocycles. The molecule has 1 aromatic heterocycles. The number of methoxy groups -OCH3 is 1. The molecular weight excluding hydrogens is 458 g/mol. The van der Waals surface area contributed by atoms with Gasteiger partial charge in [-0.3, -0.25) is 14.2 Å². The summed E-state index contributed by atoms with van der Waals surface area (Å²) < 4.78 is 6.91. The molecule has 7 heteroatoms. The normalized spacial score (nSPS) is 11.1. The Labute approximate surface area is 209 Å². The van der Waals surface area contributed by atoms with Crippen LogP contribution in [0.2, 0.25) is 0 Å². The number of carbonyl (C=O) groups is 1. The highest BCUT2D eigenvalue weighted by atomic mass is 32.2. The second-order valence-electron chi connectivity index (χ2n) is 8.78. The molecule has 4 rings (SSSR count). The van der Waals surface area contributed by atoms with Gasteiger partial charge in [0.05, 0.1) is 23.7 Å². The smallest absolute Gasteiger partial charge is 0.266 e. The fourth-order valence-electron chi connectivity index (χ4n) is 3.68. The van der Waals surface area contributed by atoms with E-state index >= 15 is 0 Å². The first kappa shape index (κ1) is 24.5. The highest BCUT2D eigenvalue weighted by molar-refractivity contribution is 7.98. The number of thioether (sulfide) groups is 1. The van der Waals surface area contributed by atoms with Crippen LogP contribution >= 0.6 is 11.8 Å². The zero-order valence-corrected chi connectivity index (χ0v) is 21.2. The van der Waals surface area contributed by atoms with Crippen LogP contribution in [0.1, 0.15) is 35.3 Å². The van der Waals surface area contributed by atoms with Crippen molar-refractivity contribution in [2.45, 2.75) is 31.7 Å².